The van der Waals surface area contributed by atoms with Gasteiger partial charge in [-0.1, -0.05) is 59.7 Å². The maximum Gasteiger partial charge on any atom is 0.0558 e. The zero-order valence-electron chi connectivity index (χ0n) is 15.1. The fourth-order valence-corrected chi connectivity index (χ4v) is 2.46. The SMILES string of the molecule is CC(C)(C)c1cc(CN(CCO)CCO)cc(C(C)(C)C)c1. The van der Waals surface area contributed by atoms with Crippen LogP contribution in [-0.2, 0) is 17.4 Å². The minimum absolute atomic E-state index is 0.106. The van der Waals surface area contributed by atoms with Gasteiger partial charge in [0.2, 0.25) is 0 Å². The van der Waals surface area contributed by atoms with Crippen molar-refractivity contribution in [1.29, 1.82) is 0 Å². The number of hydrogen-bond donors (Lipinski definition) is 2. The first-order chi connectivity index (χ1) is 10.1. The van der Waals surface area contributed by atoms with Crippen molar-refractivity contribution in [1.82, 2.24) is 4.90 Å². The van der Waals surface area contributed by atoms with Gasteiger partial charge in [-0.05, 0) is 27.5 Å². The molecule has 0 bridgehead atoms. The lowest BCUT2D eigenvalue weighted by molar-refractivity contribution is 0.156. The van der Waals surface area contributed by atoms with E-state index < -0.39 is 0 Å². The summed E-state index contributed by atoms with van der Waals surface area (Å²) >= 11 is 0. The van der Waals surface area contributed by atoms with Gasteiger partial charge in [0, 0.05) is 19.6 Å². The summed E-state index contributed by atoms with van der Waals surface area (Å²) in [6.45, 7) is 15.6. The fraction of sp³-hybridized carbons (Fsp3) is 0.684. The van der Waals surface area contributed by atoms with Crippen LogP contribution >= 0.6 is 0 Å². The van der Waals surface area contributed by atoms with E-state index in [9.17, 15) is 10.2 Å². The summed E-state index contributed by atoms with van der Waals surface area (Å²) < 4.78 is 0. The van der Waals surface area contributed by atoms with Crippen LogP contribution in [0.4, 0.5) is 0 Å². The van der Waals surface area contributed by atoms with Crippen molar-refractivity contribution in [3.63, 3.8) is 0 Å². The van der Waals surface area contributed by atoms with E-state index in [1.165, 1.54) is 16.7 Å². The number of benzene rings is 1. The van der Waals surface area contributed by atoms with Crippen LogP contribution in [0.25, 0.3) is 0 Å². The minimum atomic E-state index is 0.106. The molecule has 0 heterocycles. The van der Waals surface area contributed by atoms with Gasteiger partial charge in [-0.25, -0.2) is 0 Å². The van der Waals surface area contributed by atoms with Crippen molar-refractivity contribution >= 4 is 0 Å². The van der Waals surface area contributed by atoms with E-state index in [-0.39, 0.29) is 24.0 Å². The average Bonchev–Trinajstić information content (AvgIpc) is 2.37. The maximum absolute atomic E-state index is 9.19. The molecule has 0 saturated carbocycles. The van der Waals surface area contributed by atoms with Crippen LogP contribution in [0, 0.1) is 0 Å². The summed E-state index contributed by atoms with van der Waals surface area (Å²) in [4.78, 5) is 2.09. The molecule has 0 aliphatic heterocycles. The van der Waals surface area contributed by atoms with Crippen molar-refractivity contribution in [3.8, 4) is 0 Å². The summed E-state index contributed by atoms with van der Waals surface area (Å²) in [6, 6.07) is 6.83. The molecule has 2 N–H and O–H groups in total. The Morgan fingerprint density at radius 1 is 0.773 bits per heavy atom. The topological polar surface area (TPSA) is 43.7 Å². The Hall–Kier alpha value is -0.900. The molecule has 0 aliphatic carbocycles. The number of nitrogens with zero attached hydrogens (tertiary/aromatic N) is 1. The molecule has 0 unspecified atom stereocenters. The molecule has 0 aliphatic rings. The van der Waals surface area contributed by atoms with E-state index >= 15 is 0 Å². The molecular formula is C19H33NO2. The first kappa shape index (κ1) is 19.1. The van der Waals surface area contributed by atoms with Crippen molar-refractivity contribution in [2.75, 3.05) is 26.3 Å². The van der Waals surface area contributed by atoms with Crippen LogP contribution in [0.15, 0.2) is 18.2 Å². The molecule has 0 spiro atoms. The van der Waals surface area contributed by atoms with Crippen LogP contribution < -0.4 is 0 Å². The molecule has 0 radical (unpaired) electrons. The molecule has 0 aromatic heterocycles. The summed E-state index contributed by atoms with van der Waals surface area (Å²) in [7, 11) is 0. The molecule has 0 fully saturated rings. The monoisotopic (exact) mass is 307 g/mol. The van der Waals surface area contributed by atoms with Crippen molar-refractivity contribution in [2.24, 2.45) is 0 Å². The second-order valence-corrected chi connectivity index (χ2v) is 8.14. The predicted molar refractivity (Wildman–Crippen MR) is 93.3 cm³/mol. The molecule has 1 aromatic carbocycles. The van der Waals surface area contributed by atoms with Gasteiger partial charge in [-0.2, -0.15) is 0 Å². The second-order valence-electron chi connectivity index (χ2n) is 8.14. The molecule has 22 heavy (non-hydrogen) atoms. The fourth-order valence-electron chi connectivity index (χ4n) is 2.46. The third-order valence-corrected chi connectivity index (χ3v) is 3.96. The summed E-state index contributed by atoms with van der Waals surface area (Å²) in [5, 5.41) is 18.4. The molecule has 3 nitrogen and oxygen atoms in total. The summed E-state index contributed by atoms with van der Waals surface area (Å²) in [5.74, 6) is 0. The van der Waals surface area contributed by atoms with Gasteiger partial charge in [0.05, 0.1) is 13.2 Å². The highest BCUT2D eigenvalue weighted by Gasteiger charge is 2.21. The molecule has 1 aromatic rings. The Labute approximate surface area is 136 Å². The van der Waals surface area contributed by atoms with Gasteiger partial charge in [0.1, 0.15) is 0 Å². The Balaban J connectivity index is 3.17. The zero-order valence-corrected chi connectivity index (χ0v) is 15.1. The van der Waals surface area contributed by atoms with E-state index in [1.54, 1.807) is 0 Å². The Morgan fingerprint density at radius 3 is 1.50 bits per heavy atom. The first-order valence-corrected chi connectivity index (χ1v) is 8.17. The molecule has 1 rings (SSSR count). The first-order valence-electron chi connectivity index (χ1n) is 8.17. The van der Waals surface area contributed by atoms with Crippen molar-refractivity contribution < 1.29 is 10.2 Å². The summed E-state index contributed by atoms with van der Waals surface area (Å²) in [6.07, 6.45) is 0. The number of rotatable bonds is 6. The highest BCUT2D eigenvalue weighted by Crippen LogP contribution is 2.30. The standard InChI is InChI=1S/C19H33NO2/c1-18(2,3)16-11-15(12-17(13-16)19(4,5)6)14-20(7-9-21)8-10-22/h11-13,21-22H,7-10,14H2,1-6H3. The number of aliphatic hydroxyl groups excluding tert-OH is 2. The minimum Gasteiger partial charge on any atom is -0.395 e. The van der Waals surface area contributed by atoms with Gasteiger partial charge < -0.3 is 10.2 Å². The molecule has 0 amide bonds. The quantitative estimate of drug-likeness (QED) is 0.849. The summed E-state index contributed by atoms with van der Waals surface area (Å²) in [5.41, 5.74) is 4.13. The Kier molecular flexibility index (Phi) is 6.60. The highest BCUT2D eigenvalue weighted by molar-refractivity contribution is 5.37. The van der Waals surface area contributed by atoms with Crippen molar-refractivity contribution in [2.45, 2.75) is 58.9 Å². The van der Waals surface area contributed by atoms with E-state index in [4.69, 9.17) is 0 Å². The average molecular weight is 307 g/mol. The van der Waals surface area contributed by atoms with Crippen LogP contribution in [0.2, 0.25) is 0 Å². The Morgan fingerprint density at radius 2 is 1.18 bits per heavy atom. The number of hydrogen-bond acceptors (Lipinski definition) is 3. The van der Waals surface area contributed by atoms with Gasteiger partial charge >= 0.3 is 0 Å². The zero-order chi connectivity index (χ0) is 17.0. The molecular weight excluding hydrogens is 274 g/mol. The maximum atomic E-state index is 9.19. The third kappa shape index (κ3) is 5.71. The third-order valence-electron chi connectivity index (χ3n) is 3.96. The van der Waals surface area contributed by atoms with Gasteiger partial charge in [-0.15, -0.1) is 0 Å². The highest BCUT2D eigenvalue weighted by atomic mass is 16.3. The molecule has 126 valence electrons. The molecule has 0 saturated heterocycles. The van der Waals surface area contributed by atoms with Crippen LogP contribution in [0.5, 0.6) is 0 Å². The normalized spacial score (nSPS) is 13.0. The van der Waals surface area contributed by atoms with Gasteiger partial charge in [0.25, 0.3) is 0 Å². The predicted octanol–water partition coefficient (Wildman–Crippen LogP) is 3.07. The van der Waals surface area contributed by atoms with Crippen LogP contribution in [0.3, 0.4) is 0 Å². The number of aliphatic hydroxyl groups is 2. The van der Waals surface area contributed by atoms with Gasteiger partial charge in [0.15, 0.2) is 0 Å². The lowest BCUT2D eigenvalue weighted by Gasteiger charge is -2.28. The van der Waals surface area contributed by atoms with E-state index in [2.05, 4.69) is 64.6 Å². The second kappa shape index (κ2) is 7.58. The van der Waals surface area contributed by atoms with Gasteiger partial charge in [-0.3, -0.25) is 4.90 Å². The Bertz CT molecular complexity index is 431. The molecule has 0 atom stereocenters. The lowest BCUT2D eigenvalue weighted by atomic mass is 9.79. The van der Waals surface area contributed by atoms with E-state index in [0.29, 0.717) is 13.1 Å². The largest absolute Gasteiger partial charge is 0.395 e. The van der Waals surface area contributed by atoms with E-state index in [0.717, 1.165) is 6.54 Å². The van der Waals surface area contributed by atoms with E-state index in [1.807, 2.05) is 0 Å². The van der Waals surface area contributed by atoms with Crippen LogP contribution in [-0.4, -0.2) is 41.4 Å². The molecule has 3 heteroatoms. The van der Waals surface area contributed by atoms with Crippen molar-refractivity contribution in [3.05, 3.63) is 34.9 Å². The van der Waals surface area contributed by atoms with Crippen LogP contribution in [0.1, 0.15) is 58.2 Å². The lowest BCUT2D eigenvalue weighted by Crippen LogP contribution is -2.29. The smallest absolute Gasteiger partial charge is 0.0558 e.